The average Bonchev–Trinajstić information content (AvgIpc) is 3.64. The summed E-state index contributed by atoms with van der Waals surface area (Å²) >= 11 is 0. The molecule has 3 aliphatic heterocycles. The average molecular weight is 582 g/mol. The van der Waals surface area contributed by atoms with E-state index >= 15 is 0 Å². The molecule has 1 saturated heterocycles. The summed E-state index contributed by atoms with van der Waals surface area (Å²) in [5.74, 6) is -1.69. The number of carbonyl (C=O) groups is 3. The van der Waals surface area contributed by atoms with Crippen LogP contribution in [0.15, 0.2) is 106 Å². The Labute approximate surface area is 246 Å². The molecular formula is C31H27N5O7. The van der Waals surface area contributed by atoms with Gasteiger partial charge < -0.3 is 24.2 Å². The Kier molecular flexibility index (Phi) is 7.63. The molecule has 3 aliphatic rings. The molecule has 0 saturated carbocycles. The van der Waals surface area contributed by atoms with Crippen molar-refractivity contribution in [1.29, 1.82) is 0 Å². The van der Waals surface area contributed by atoms with Gasteiger partial charge in [0.05, 0.1) is 17.7 Å². The highest BCUT2D eigenvalue weighted by Gasteiger charge is 2.56. The van der Waals surface area contributed by atoms with Crippen molar-refractivity contribution in [2.75, 3.05) is 13.3 Å². The van der Waals surface area contributed by atoms with Crippen molar-refractivity contribution in [2.24, 2.45) is 20.7 Å². The zero-order valence-corrected chi connectivity index (χ0v) is 22.7. The Morgan fingerprint density at radius 3 is 1.95 bits per heavy atom. The van der Waals surface area contributed by atoms with Crippen LogP contribution < -0.4 is 5.73 Å². The quantitative estimate of drug-likeness (QED) is 0.298. The summed E-state index contributed by atoms with van der Waals surface area (Å²) in [6, 6.07) is 25.0. The van der Waals surface area contributed by atoms with Gasteiger partial charge in [-0.05, 0) is 24.3 Å². The summed E-state index contributed by atoms with van der Waals surface area (Å²) in [5.41, 5.74) is 5.67. The van der Waals surface area contributed by atoms with Crippen molar-refractivity contribution in [3.63, 3.8) is 0 Å². The normalized spacial score (nSPS) is 25.9. The molecule has 1 fully saturated rings. The molecule has 5 atom stereocenters. The van der Waals surface area contributed by atoms with Crippen LogP contribution >= 0.6 is 0 Å². The molecule has 0 aliphatic carbocycles. The van der Waals surface area contributed by atoms with E-state index in [9.17, 15) is 19.5 Å². The van der Waals surface area contributed by atoms with Crippen LogP contribution in [0.1, 0.15) is 31.1 Å². The number of nitrogens with zero attached hydrogens (tertiary/aromatic N) is 4. The van der Waals surface area contributed by atoms with Crippen LogP contribution in [0, 0.1) is 0 Å². The van der Waals surface area contributed by atoms with Crippen LogP contribution in [-0.2, 0) is 14.2 Å². The number of aliphatic hydroxyl groups excluding tert-OH is 1. The fourth-order valence-electron chi connectivity index (χ4n) is 5.16. The zero-order valence-electron chi connectivity index (χ0n) is 22.7. The van der Waals surface area contributed by atoms with Gasteiger partial charge in [-0.3, -0.25) is 15.5 Å². The maximum atomic E-state index is 13.5. The molecule has 12 heteroatoms. The van der Waals surface area contributed by atoms with Gasteiger partial charge in [-0.15, -0.1) is 0 Å². The van der Waals surface area contributed by atoms with Crippen molar-refractivity contribution in [3.8, 4) is 0 Å². The number of fused-ring (bicyclic) bond motifs is 1. The van der Waals surface area contributed by atoms with Crippen molar-refractivity contribution >= 4 is 35.6 Å². The summed E-state index contributed by atoms with van der Waals surface area (Å²) in [7, 11) is 0. The van der Waals surface area contributed by atoms with Gasteiger partial charge in [0.15, 0.2) is 24.3 Å². The number of ether oxygens (including phenoxy) is 3. The molecule has 0 spiro atoms. The lowest BCUT2D eigenvalue weighted by Crippen LogP contribution is -2.59. The molecule has 3 N–H and O–H groups in total. The molecular weight excluding hydrogens is 554 g/mol. The third-order valence-corrected chi connectivity index (χ3v) is 7.33. The molecule has 0 radical (unpaired) electrons. The predicted molar refractivity (Wildman–Crippen MR) is 155 cm³/mol. The Bertz CT molecular complexity index is 1610. The molecule has 3 aromatic rings. The third kappa shape index (κ3) is 5.23. The van der Waals surface area contributed by atoms with Crippen LogP contribution in [0.5, 0.6) is 0 Å². The van der Waals surface area contributed by atoms with E-state index in [4.69, 9.17) is 19.9 Å². The van der Waals surface area contributed by atoms with Crippen LogP contribution in [0.3, 0.4) is 0 Å². The SMILES string of the molecule is NC1(C(=O)c2ccccc2)N=CN=C2C1=NCN2[C@@H]1O[C@H](CO)[C@@H](OC(=O)c2ccccc2)[C@H]1OC(=O)c1ccccc1. The zero-order chi connectivity index (χ0) is 30.0. The standard InChI is InChI=1S/C31H27N5O7/c32-31(26(38)19-10-4-1-5-11-19)25-27(33-17-35-31)36(18-34-25)28-24(43-30(40)21-14-8-3-9-15-21)23(22(16-37)41-28)42-29(39)20-12-6-2-7-13-20/h1-15,17,22-24,28,37H,16,18,32H2/t22-,23-,24-,28-,31?/m1/s1. The maximum absolute atomic E-state index is 13.5. The largest absolute Gasteiger partial charge is 0.452 e. The molecule has 43 heavy (non-hydrogen) atoms. The van der Waals surface area contributed by atoms with Gasteiger partial charge in [-0.2, -0.15) is 0 Å². The molecule has 0 aromatic heterocycles. The Morgan fingerprint density at radius 1 is 0.860 bits per heavy atom. The highest BCUT2D eigenvalue weighted by atomic mass is 16.6. The molecule has 12 nitrogen and oxygen atoms in total. The second kappa shape index (κ2) is 11.7. The van der Waals surface area contributed by atoms with Gasteiger partial charge >= 0.3 is 11.9 Å². The lowest BCUT2D eigenvalue weighted by atomic mass is 9.93. The summed E-state index contributed by atoms with van der Waals surface area (Å²) in [6.07, 6.45) is -3.46. The first-order valence-electron chi connectivity index (χ1n) is 13.5. The molecule has 3 aromatic carbocycles. The number of aliphatic hydroxyl groups is 1. The second-order valence-corrected chi connectivity index (χ2v) is 10.00. The van der Waals surface area contributed by atoms with E-state index in [0.717, 1.165) is 0 Å². The minimum absolute atomic E-state index is 0.0832. The Morgan fingerprint density at radius 2 is 1.40 bits per heavy atom. The number of esters is 2. The smallest absolute Gasteiger partial charge is 0.338 e. The lowest BCUT2D eigenvalue weighted by Gasteiger charge is -2.33. The highest BCUT2D eigenvalue weighted by molar-refractivity contribution is 6.52. The van der Waals surface area contributed by atoms with Crippen LogP contribution in [0.25, 0.3) is 0 Å². The molecule has 0 amide bonds. The fourth-order valence-corrected chi connectivity index (χ4v) is 5.16. The monoisotopic (exact) mass is 581 g/mol. The molecule has 3 heterocycles. The van der Waals surface area contributed by atoms with Gasteiger partial charge in [0.25, 0.3) is 0 Å². The van der Waals surface area contributed by atoms with Gasteiger partial charge in [0.2, 0.25) is 11.4 Å². The van der Waals surface area contributed by atoms with E-state index in [-0.39, 0.29) is 29.3 Å². The van der Waals surface area contributed by atoms with E-state index in [0.29, 0.717) is 5.56 Å². The number of hydrogen-bond donors (Lipinski definition) is 2. The summed E-state index contributed by atoms with van der Waals surface area (Å²) < 4.78 is 17.9. The number of benzene rings is 3. The minimum Gasteiger partial charge on any atom is -0.452 e. The summed E-state index contributed by atoms with van der Waals surface area (Å²) in [5, 5.41) is 10.2. The van der Waals surface area contributed by atoms with Crippen molar-refractivity contribution in [1.82, 2.24) is 4.90 Å². The topological polar surface area (TPSA) is 165 Å². The number of Topliss-reactive ketones (excluding diaryl/α,β-unsaturated/α-hetero) is 1. The number of hydrogen-bond acceptors (Lipinski definition) is 12. The highest BCUT2D eigenvalue weighted by Crippen LogP contribution is 2.34. The minimum atomic E-state index is -1.86. The van der Waals surface area contributed by atoms with Gasteiger partial charge in [-0.25, -0.2) is 19.6 Å². The van der Waals surface area contributed by atoms with E-state index in [1.54, 1.807) is 95.9 Å². The maximum Gasteiger partial charge on any atom is 0.338 e. The Hall–Kier alpha value is -5.04. The summed E-state index contributed by atoms with van der Waals surface area (Å²) in [6.45, 7) is -0.633. The van der Waals surface area contributed by atoms with Crippen LogP contribution in [0.2, 0.25) is 0 Å². The molecule has 0 bridgehead atoms. The second-order valence-electron chi connectivity index (χ2n) is 10.00. The first-order chi connectivity index (χ1) is 20.9. The van der Waals surface area contributed by atoms with E-state index in [2.05, 4.69) is 15.0 Å². The van der Waals surface area contributed by atoms with Crippen LogP contribution in [0.4, 0.5) is 0 Å². The van der Waals surface area contributed by atoms with Crippen molar-refractivity contribution in [3.05, 3.63) is 108 Å². The van der Waals surface area contributed by atoms with Crippen LogP contribution in [-0.4, -0.2) is 89.1 Å². The number of rotatable bonds is 8. The first kappa shape index (κ1) is 28.1. The Balaban J connectivity index is 1.32. The predicted octanol–water partition coefficient (Wildman–Crippen LogP) is 1.85. The number of ketones is 1. The first-order valence-corrected chi connectivity index (χ1v) is 13.5. The number of aliphatic imine (C=N–C) groups is 3. The van der Waals surface area contributed by atoms with Crippen molar-refractivity contribution < 1.29 is 33.7 Å². The molecule has 6 rings (SSSR count). The number of nitrogens with two attached hydrogens (primary N) is 1. The number of carbonyl (C=O) groups excluding carboxylic acids is 3. The fraction of sp³-hybridized carbons (Fsp3) is 0.226. The van der Waals surface area contributed by atoms with Gasteiger partial charge in [0.1, 0.15) is 24.8 Å². The van der Waals surface area contributed by atoms with E-state index in [1.807, 2.05) is 0 Å². The van der Waals surface area contributed by atoms with Gasteiger partial charge in [0, 0.05) is 5.56 Å². The van der Waals surface area contributed by atoms with E-state index in [1.165, 1.54) is 6.34 Å². The number of amidine groups is 1. The van der Waals surface area contributed by atoms with Crippen molar-refractivity contribution in [2.45, 2.75) is 30.2 Å². The third-order valence-electron chi connectivity index (χ3n) is 7.33. The molecule has 218 valence electrons. The van der Waals surface area contributed by atoms with Gasteiger partial charge in [-0.1, -0.05) is 66.7 Å². The lowest BCUT2D eigenvalue weighted by molar-refractivity contribution is -0.0736. The van der Waals surface area contributed by atoms with E-state index < -0.39 is 54.5 Å². The summed E-state index contributed by atoms with van der Waals surface area (Å²) in [4.78, 5) is 54.4. The molecule has 1 unspecified atom stereocenters.